The van der Waals surface area contributed by atoms with Gasteiger partial charge in [-0.2, -0.15) is 9.83 Å². The summed E-state index contributed by atoms with van der Waals surface area (Å²) in [5.74, 6) is -71.3. The maximum absolute atomic E-state index is 15.4. The zero-order valence-electron chi connectivity index (χ0n) is 31.5. The fourth-order valence-corrected chi connectivity index (χ4v) is 7.22. The van der Waals surface area contributed by atoms with Gasteiger partial charge in [-0.1, -0.05) is 36.4 Å². The lowest BCUT2D eigenvalue weighted by Crippen LogP contribution is -2.81. The van der Waals surface area contributed by atoms with Gasteiger partial charge in [0.1, 0.15) is 52.7 Å². The molecule has 66 heavy (non-hydrogen) atoms. The number of pyridine rings is 1. The second-order valence-corrected chi connectivity index (χ2v) is 13.6. The molecule has 0 radical (unpaired) electrons. The van der Waals surface area contributed by atoms with Crippen molar-refractivity contribution in [1.82, 2.24) is 0 Å². The summed E-state index contributed by atoms with van der Waals surface area (Å²) in [5, 5.41) is 10.9. The number of carbonyl (C=O) groups is 1. The van der Waals surface area contributed by atoms with E-state index in [-0.39, 0.29) is 12.3 Å². The Kier molecular flexibility index (Phi) is 13.0. The summed E-state index contributed by atoms with van der Waals surface area (Å²) in [5.41, 5.74) is -13.0. The van der Waals surface area contributed by atoms with Crippen LogP contribution in [0.2, 0.25) is 0 Å². The van der Waals surface area contributed by atoms with E-state index in [1.54, 1.807) is 6.07 Å². The lowest BCUT2D eigenvalue weighted by atomic mass is 9.12. The molecule has 0 N–H and O–H groups in total. The highest BCUT2D eigenvalue weighted by molar-refractivity contribution is 7.20. The Bertz CT molecular complexity index is 2830. The number of fused-ring (bicyclic) bond motifs is 1. The first-order valence-electron chi connectivity index (χ1n) is 17.6. The number of nitrogens with zero attached hydrogens (tertiary/aromatic N) is 2. The van der Waals surface area contributed by atoms with Gasteiger partial charge >= 0.3 is 0 Å². The highest BCUT2D eigenvalue weighted by Crippen LogP contribution is 2.31. The second-order valence-electron chi connectivity index (χ2n) is 13.6. The minimum Gasteiger partial charge on any atom is -0.287 e. The van der Waals surface area contributed by atoms with E-state index in [2.05, 4.69) is 6.07 Å². The quantitative estimate of drug-likeness (QED) is 0.0401. The van der Waals surface area contributed by atoms with Crippen molar-refractivity contribution in [3.05, 3.63) is 194 Å². The third-order valence-corrected chi connectivity index (χ3v) is 10.1. The number of halogens is 20. The van der Waals surface area contributed by atoms with Crippen LogP contribution in [-0.4, -0.2) is 11.9 Å². The molecule has 0 unspecified atom stereocenters. The third kappa shape index (κ3) is 7.40. The largest absolute Gasteiger partial charge is 0.287 e. The van der Waals surface area contributed by atoms with Gasteiger partial charge in [-0.15, -0.1) is 21.9 Å². The van der Waals surface area contributed by atoms with Crippen LogP contribution >= 0.6 is 0 Å². The first-order valence-corrected chi connectivity index (χ1v) is 17.6. The highest BCUT2D eigenvalue weighted by atomic mass is 19.2. The Morgan fingerprint density at radius 3 is 1.06 bits per heavy atom. The number of carbonyl (C=O) groups excluding carboxylic acids is 1. The lowest BCUT2D eigenvalue weighted by molar-refractivity contribution is -0.681. The molecule has 1 aromatic heterocycles. The molecule has 340 valence electrons. The Morgan fingerprint density at radius 1 is 0.424 bits per heavy atom. The van der Waals surface area contributed by atoms with E-state index in [4.69, 9.17) is 5.26 Å². The van der Waals surface area contributed by atoms with Gasteiger partial charge in [0.2, 0.25) is 12.3 Å². The average molecular weight is 952 g/mol. The number of nitriles is 1. The van der Waals surface area contributed by atoms with Crippen LogP contribution in [0.25, 0.3) is 10.8 Å². The van der Waals surface area contributed by atoms with Crippen molar-refractivity contribution >= 4 is 44.6 Å². The van der Waals surface area contributed by atoms with Crippen LogP contribution in [0.4, 0.5) is 87.8 Å². The summed E-state index contributed by atoms with van der Waals surface area (Å²) < 4.78 is 296. The molecule has 0 aliphatic rings. The fraction of sp³-hybridized carbons (Fsp3) is 0.0238. The van der Waals surface area contributed by atoms with Crippen molar-refractivity contribution in [3.63, 3.8) is 0 Å². The Labute approximate surface area is 353 Å². The normalized spacial score (nSPS) is 11.4. The van der Waals surface area contributed by atoms with Crippen LogP contribution in [0.3, 0.4) is 0 Å². The molecule has 24 heteroatoms. The van der Waals surface area contributed by atoms with E-state index in [0.29, 0.717) is 11.1 Å². The number of hydrogen-bond donors (Lipinski definition) is 0. The number of benzene rings is 6. The van der Waals surface area contributed by atoms with Crippen molar-refractivity contribution in [2.24, 2.45) is 0 Å². The molecular formula is C42H13BF20N2O. The van der Waals surface area contributed by atoms with E-state index in [9.17, 15) is 57.5 Å². The maximum atomic E-state index is 15.4. The predicted octanol–water partition coefficient (Wildman–Crippen LogP) is 8.73. The van der Waals surface area contributed by atoms with Crippen molar-refractivity contribution in [2.75, 3.05) is 0 Å². The smallest absolute Gasteiger partial charge is 0.227 e. The molecule has 0 saturated heterocycles. The summed E-state index contributed by atoms with van der Waals surface area (Å²) >= 11 is 0. The Hall–Kier alpha value is -7.45. The first-order chi connectivity index (χ1) is 31.0. The van der Waals surface area contributed by atoms with Gasteiger partial charge in [0.05, 0.1) is 11.6 Å². The summed E-state index contributed by atoms with van der Waals surface area (Å²) in [6, 6.07) is 18.9. The molecule has 0 spiro atoms. The number of hydrogen-bond acceptors (Lipinski definition) is 2. The Morgan fingerprint density at radius 2 is 0.742 bits per heavy atom. The summed E-state index contributed by atoms with van der Waals surface area (Å²) in [4.78, 5) is 12.2. The molecule has 7 aromatic rings. The van der Waals surface area contributed by atoms with Gasteiger partial charge < -0.3 is 0 Å². The van der Waals surface area contributed by atoms with Crippen LogP contribution in [0, 0.1) is 128 Å². The van der Waals surface area contributed by atoms with Gasteiger partial charge in [-0.05, 0) is 12.1 Å². The van der Waals surface area contributed by atoms with Gasteiger partial charge in [0, 0.05) is 22.4 Å². The van der Waals surface area contributed by atoms with E-state index in [1.165, 1.54) is 0 Å². The first kappa shape index (κ1) is 48.0. The standard InChI is InChI=1S/C24BF20.C18H13N2O/c26-5-1(6(27)14(35)21(42)13(5)34)25(2-7(28)15(36)22(43)16(37)8(2)29,3-9(30)17(38)23(44)18(39)10(3)31)4-11(32)19(40)24(45)20(41)12(4)33;19-11-15-7-4-8-16-12-20(10-9-17(15)16)13-18(21)14-5-2-1-3-6-14/h;1-10,12H,13H2/q-1;+1. The minimum absolute atomic E-state index is 0.0661. The van der Waals surface area contributed by atoms with Crippen LogP contribution in [0.15, 0.2) is 67.0 Å². The second kappa shape index (κ2) is 17.8. The number of aromatic nitrogens is 1. The summed E-state index contributed by atoms with van der Waals surface area (Å²) in [6.45, 7) is 0.288. The molecule has 3 nitrogen and oxygen atoms in total. The van der Waals surface area contributed by atoms with Gasteiger partial charge in [0.15, 0.2) is 82.2 Å². The van der Waals surface area contributed by atoms with E-state index >= 15 is 35.1 Å². The molecule has 0 bridgehead atoms. The fourth-order valence-electron chi connectivity index (χ4n) is 7.22. The molecule has 0 aliphatic heterocycles. The molecule has 0 fully saturated rings. The zero-order chi connectivity index (χ0) is 49.0. The molecule has 0 amide bonds. The van der Waals surface area contributed by atoms with Crippen LogP contribution < -0.4 is 26.4 Å². The third-order valence-electron chi connectivity index (χ3n) is 10.1. The number of rotatable bonds is 7. The molecule has 0 atom stereocenters. The maximum Gasteiger partial charge on any atom is 0.227 e. The van der Waals surface area contributed by atoms with E-state index < -0.39 is 144 Å². The highest BCUT2D eigenvalue weighted by Gasteiger charge is 2.52. The minimum atomic E-state index is -7.22. The lowest BCUT2D eigenvalue weighted by Gasteiger charge is -2.44. The topological polar surface area (TPSA) is 44.7 Å². The Balaban J connectivity index is 0.000000284. The molecule has 0 aliphatic carbocycles. The van der Waals surface area contributed by atoms with Crippen molar-refractivity contribution in [1.29, 1.82) is 5.26 Å². The average Bonchev–Trinajstić information content (AvgIpc) is 3.31. The van der Waals surface area contributed by atoms with Gasteiger partial charge in [-0.25, -0.2) is 87.8 Å². The van der Waals surface area contributed by atoms with Crippen LogP contribution in [0.5, 0.6) is 0 Å². The van der Waals surface area contributed by atoms with Crippen molar-refractivity contribution < 1.29 is 97.2 Å². The number of Topliss-reactive ketones (excluding diaryl/α,β-unsaturated/α-hetero) is 1. The predicted molar refractivity (Wildman–Crippen MR) is 189 cm³/mol. The monoisotopic (exact) mass is 952 g/mol. The molecule has 6 aromatic carbocycles. The molecular weight excluding hydrogens is 939 g/mol. The SMILES string of the molecule is Fc1c(F)c(F)c([B-](c2c(F)c(F)c(F)c(F)c2F)(c2c(F)c(F)c(F)c(F)c2F)c2c(F)c(F)c(F)c(F)c2F)c(F)c1F.N#Cc1cccc2c[n+](CC(=O)c3ccccc3)ccc12. The van der Waals surface area contributed by atoms with Crippen LogP contribution in [0.1, 0.15) is 15.9 Å². The zero-order valence-corrected chi connectivity index (χ0v) is 31.5. The summed E-state index contributed by atoms with van der Waals surface area (Å²) in [7, 11) is 0. The van der Waals surface area contributed by atoms with Gasteiger partial charge in [-0.3, -0.25) is 4.79 Å². The summed E-state index contributed by atoms with van der Waals surface area (Å²) in [6.07, 6.45) is -3.48. The molecule has 1 heterocycles. The van der Waals surface area contributed by atoms with Gasteiger partial charge in [0.25, 0.3) is 0 Å². The van der Waals surface area contributed by atoms with Crippen LogP contribution in [-0.2, 0) is 6.54 Å². The van der Waals surface area contributed by atoms with E-state index in [1.807, 2.05) is 65.5 Å². The number of ketones is 1. The van der Waals surface area contributed by atoms with E-state index in [0.717, 1.165) is 10.8 Å². The van der Waals surface area contributed by atoms with Crippen molar-refractivity contribution in [2.45, 2.75) is 6.54 Å². The molecule has 7 rings (SSSR count). The van der Waals surface area contributed by atoms with Crippen molar-refractivity contribution in [3.8, 4) is 6.07 Å². The molecule has 0 saturated carbocycles.